The van der Waals surface area contributed by atoms with Gasteiger partial charge in [0.1, 0.15) is 5.00 Å². The molecule has 0 bridgehead atoms. The van der Waals surface area contributed by atoms with Gasteiger partial charge in [-0.2, -0.15) is 0 Å². The third-order valence-corrected chi connectivity index (χ3v) is 5.37. The SMILES string of the molecule is Cc1ccc(NC(=O)c2ccc(-n3ccc4ccccc43)s2)c(C)c1. The van der Waals surface area contributed by atoms with Crippen LogP contribution in [0.3, 0.4) is 0 Å². The Morgan fingerprint density at radius 3 is 2.68 bits per heavy atom. The summed E-state index contributed by atoms with van der Waals surface area (Å²) < 4.78 is 2.12. The van der Waals surface area contributed by atoms with Crippen LogP contribution >= 0.6 is 11.3 Å². The van der Waals surface area contributed by atoms with Crippen LogP contribution < -0.4 is 5.32 Å². The number of nitrogens with one attached hydrogen (secondary N) is 1. The van der Waals surface area contributed by atoms with E-state index < -0.39 is 0 Å². The Hall–Kier alpha value is -2.85. The van der Waals surface area contributed by atoms with Crippen LogP contribution in [0.2, 0.25) is 0 Å². The molecular formula is C21H18N2OS. The lowest BCUT2D eigenvalue weighted by atomic mass is 10.1. The Bertz CT molecular complexity index is 1070. The molecule has 25 heavy (non-hydrogen) atoms. The van der Waals surface area contributed by atoms with Crippen LogP contribution in [0.15, 0.2) is 66.9 Å². The molecule has 0 fully saturated rings. The number of aryl methyl sites for hydroxylation is 2. The van der Waals surface area contributed by atoms with Gasteiger partial charge in [0.25, 0.3) is 5.91 Å². The summed E-state index contributed by atoms with van der Waals surface area (Å²) in [5, 5.41) is 5.24. The summed E-state index contributed by atoms with van der Waals surface area (Å²) in [6.07, 6.45) is 2.04. The number of para-hydroxylation sites is 1. The van der Waals surface area contributed by atoms with Gasteiger partial charge < -0.3 is 9.88 Å². The Morgan fingerprint density at radius 1 is 1.00 bits per heavy atom. The molecule has 124 valence electrons. The maximum absolute atomic E-state index is 12.6. The molecule has 1 amide bonds. The van der Waals surface area contributed by atoms with Gasteiger partial charge in [-0.25, -0.2) is 0 Å². The van der Waals surface area contributed by atoms with E-state index in [4.69, 9.17) is 0 Å². The normalized spacial score (nSPS) is 11.0. The van der Waals surface area contributed by atoms with Crippen molar-refractivity contribution in [1.29, 1.82) is 0 Å². The van der Waals surface area contributed by atoms with Crippen molar-refractivity contribution in [3.05, 3.63) is 82.9 Å². The maximum Gasteiger partial charge on any atom is 0.265 e. The van der Waals surface area contributed by atoms with Crippen LogP contribution in [-0.2, 0) is 0 Å². The van der Waals surface area contributed by atoms with Crippen molar-refractivity contribution in [2.75, 3.05) is 5.32 Å². The first-order valence-electron chi connectivity index (χ1n) is 8.17. The molecule has 0 aliphatic rings. The highest BCUT2D eigenvalue weighted by Gasteiger charge is 2.12. The van der Waals surface area contributed by atoms with Crippen molar-refractivity contribution in [2.24, 2.45) is 0 Å². The first kappa shape index (κ1) is 15.7. The first-order chi connectivity index (χ1) is 12.1. The van der Waals surface area contributed by atoms with E-state index in [2.05, 4.69) is 34.1 Å². The van der Waals surface area contributed by atoms with Crippen molar-refractivity contribution in [3.63, 3.8) is 0 Å². The number of hydrogen-bond donors (Lipinski definition) is 1. The minimum atomic E-state index is -0.0698. The molecule has 0 spiro atoms. The zero-order valence-electron chi connectivity index (χ0n) is 14.1. The van der Waals surface area contributed by atoms with Crippen molar-refractivity contribution in [2.45, 2.75) is 13.8 Å². The van der Waals surface area contributed by atoms with E-state index in [0.29, 0.717) is 4.88 Å². The highest BCUT2D eigenvalue weighted by molar-refractivity contribution is 7.16. The first-order valence-corrected chi connectivity index (χ1v) is 8.98. The topological polar surface area (TPSA) is 34.0 Å². The fraction of sp³-hybridized carbons (Fsp3) is 0.0952. The van der Waals surface area contributed by atoms with E-state index >= 15 is 0 Å². The van der Waals surface area contributed by atoms with Crippen LogP contribution in [0.25, 0.3) is 15.9 Å². The minimum absolute atomic E-state index is 0.0698. The summed E-state index contributed by atoms with van der Waals surface area (Å²) in [4.78, 5) is 13.3. The van der Waals surface area contributed by atoms with Gasteiger partial charge in [-0.15, -0.1) is 11.3 Å². The summed E-state index contributed by atoms with van der Waals surface area (Å²) in [5.74, 6) is -0.0698. The summed E-state index contributed by atoms with van der Waals surface area (Å²) >= 11 is 1.49. The highest BCUT2D eigenvalue weighted by atomic mass is 32.1. The van der Waals surface area contributed by atoms with E-state index in [9.17, 15) is 4.79 Å². The molecular weight excluding hydrogens is 328 g/mol. The second-order valence-corrected chi connectivity index (χ2v) is 7.22. The number of anilines is 1. The number of thiophene rings is 1. The zero-order valence-corrected chi connectivity index (χ0v) is 14.9. The quantitative estimate of drug-likeness (QED) is 0.517. The Balaban J connectivity index is 1.61. The third kappa shape index (κ3) is 2.96. The summed E-state index contributed by atoms with van der Waals surface area (Å²) in [6.45, 7) is 4.06. The molecule has 0 saturated carbocycles. The Labute approximate surface area is 150 Å². The smallest absolute Gasteiger partial charge is 0.265 e. The monoisotopic (exact) mass is 346 g/mol. The largest absolute Gasteiger partial charge is 0.321 e. The van der Waals surface area contributed by atoms with E-state index in [1.165, 1.54) is 22.3 Å². The zero-order chi connectivity index (χ0) is 17.4. The van der Waals surface area contributed by atoms with Gasteiger partial charge >= 0.3 is 0 Å². The number of nitrogens with zero attached hydrogens (tertiary/aromatic N) is 1. The molecule has 1 N–H and O–H groups in total. The fourth-order valence-electron chi connectivity index (χ4n) is 2.99. The number of fused-ring (bicyclic) bond motifs is 1. The molecule has 0 saturated heterocycles. The summed E-state index contributed by atoms with van der Waals surface area (Å²) in [7, 11) is 0. The van der Waals surface area contributed by atoms with Crippen molar-refractivity contribution in [3.8, 4) is 5.00 Å². The summed E-state index contributed by atoms with van der Waals surface area (Å²) in [6, 6.07) is 20.2. The predicted molar refractivity (Wildman–Crippen MR) is 105 cm³/mol. The van der Waals surface area contributed by atoms with E-state index in [1.54, 1.807) is 0 Å². The number of hydrogen-bond acceptors (Lipinski definition) is 2. The number of carbonyl (C=O) groups is 1. The summed E-state index contributed by atoms with van der Waals surface area (Å²) in [5.41, 5.74) is 4.26. The highest BCUT2D eigenvalue weighted by Crippen LogP contribution is 2.27. The molecule has 0 radical (unpaired) electrons. The number of benzene rings is 2. The molecule has 0 aliphatic carbocycles. The average Bonchev–Trinajstić information content (AvgIpc) is 3.23. The molecule has 2 heterocycles. The van der Waals surface area contributed by atoms with Gasteiger partial charge in [0.15, 0.2) is 0 Å². The lowest BCUT2D eigenvalue weighted by Crippen LogP contribution is -2.11. The van der Waals surface area contributed by atoms with Gasteiger partial charge in [0.2, 0.25) is 0 Å². The standard InChI is InChI=1S/C21H18N2OS/c1-14-7-8-17(15(2)13-14)22-21(24)19-9-10-20(25-19)23-12-11-16-5-3-4-6-18(16)23/h3-13H,1-2H3,(H,22,24). The van der Waals surface area contributed by atoms with E-state index in [-0.39, 0.29) is 5.91 Å². The minimum Gasteiger partial charge on any atom is -0.321 e. The van der Waals surface area contributed by atoms with Gasteiger partial charge in [-0.1, -0.05) is 35.9 Å². The molecule has 4 rings (SSSR count). The molecule has 4 aromatic rings. The molecule has 0 aliphatic heterocycles. The number of carbonyl (C=O) groups excluding carboxylic acids is 1. The molecule has 0 atom stereocenters. The third-order valence-electron chi connectivity index (χ3n) is 4.28. The van der Waals surface area contributed by atoms with Crippen molar-refractivity contribution in [1.82, 2.24) is 4.57 Å². The van der Waals surface area contributed by atoms with Gasteiger partial charge in [0, 0.05) is 11.9 Å². The van der Waals surface area contributed by atoms with Crippen LogP contribution in [0, 0.1) is 13.8 Å². The number of rotatable bonds is 3. The second kappa shape index (κ2) is 6.22. The molecule has 3 nitrogen and oxygen atoms in total. The van der Waals surface area contributed by atoms with E-state index in [1.807, 2.05) is 56.4 Å². The molecule has 4 heteroatoms. The molecule has 0 unspecified atom stereocenters. The Kier molecular flexibility index (Phi) is 3.90. The van der Waals surface area contributed by atoms with Crippen LogP contribution in [0.5, 0.6) is 0 Å². The van der Waals surface area contributed by atoms with Crippen LogP contribution in [0.1, 0.15) is 20.8 Å². The average molecular weight is 346 g/mol. The van der Waals surface area contributed by atoms with Crippen LogP contribution in [-0.4, -0.2) is 10.5 Å². The lowest BCUT2D eigenvalue weighted by Gasteiger charge is -2.08. The maximum atomic E-state index is 12.6. The van der Waals surface area contributed by atoms with Crippen LogP contribution in [0.4, 0.5) is 5.69 Å². The van der Waals surface area contributed by atoms with Gasteiger partial charge in [-0.3, -0.25) is 4.79 Å². The van der Waals surface area contributed by atoms with Crippen molar-refractivity contribution < 1.29 is 4.79 Å². The molecule has 2 aromatic heterocycles. The van der Waals surface area contributed by atoms with E-state index in [0.717, 1.165) is 21.8 Å². The fourth-order valence-corrected chi connectivity index (χ4v) is 3.89. The second-order valence-electron chi connectivity index (χ2n) is 6.15. The Morgan fingerprint density at radius 2 is 1.84 bits per heavy atom. The van der Waals surface area contributed by atoms with Gasteiger partial charge in [-0.05, 0) is 55.1 Å². The predicted octanol–water partition coefficient (Wildman–Crippen LogP) is 5.56. The number of aromatic nitrogens is 1. The lowest BCUT2D eigenvalue weighted by molar-refractivity contribution is 0.103. The molecule has 2 aromatic carbocycles. The van der Waals surface area contributed by atoms with Crippen molar-refractivity contribution >= 4 is 33.8 Å². The van der Waals surface area contributed by atoms with Gasteiger partial charge in [0.05, 0.1) is 10.4 Å². The number of amides is 1.